The number of nitrogens with zero attached hydrogens (tertiary/aromatic N) is 1. The Labute approximate surface area is 117 Å². The van der Waals surface area contributed by atoms with E-state index >= 15 is 0 Å². The molecule has 2 nitrogen and oxygen atoms in total. The van der Waals surface area contributed by atoms with Crippen LogP contribution in [-0.2, 0) is 13.0 Å². The van der Waals surface area contributed by atoms with E-state index in [2.05, 4.69) is 0 Å². The van der Waals surface area contributed by atoms with Crippen molar-refractivity contribution in [3.05, 3.63) is 53.3 Å². The van der Waals surface area contributed by atoms with Gasteiger partial charge in [0, 0.05) is 23.2 Å². The van der Waals surface area contributed by atoms with Crippen molar-refractivity contribution < 1.29 is 18.0 Å². The maximum Gasteiger partial charge on any atom is 0.446 e. The van der Waals surface area contributed by atoms with E-state index in [1.54, 1.807) is 16.7 Å². The monoisotopic (exact) mass is 297 g/mol. The Hall–Kier alpha value is -1.69. The summed E-state index contributed by atoms with van der Waals surface area (Å²) >= 11 is -0.189. The number of ketones is 1. The van der Waals surface area contributed by atoms with Crippen molar-refractivity contribution in [2.75, 3.05) is 0 Å². The number of thioether (sulfide) groups is 1. The molecule has 0 fully saturated rings. The summed E-state index contributed by atoms with van der Waals surface area (Å²) in [6.45, 7) is 0.510. The highest BCUT2D eigenvalue weighted by Gasteiger charge is 2.31. The number of rotatable bonds is 1. The van der Waals surface area contributed by atoms with Crippen LogP contribution in [0.3, 0.4) is 0 Å². The lowest BCUT2D eigenvalue weighted by molar-refractivity contribution is -0.0328. The minimum Gasteiger partial charge on any atom is -0.343 e. The summed E-state index contributed by atoms with van der Waals surface area (Å²) in [5, 5.41) is 0. The second-order valence-corrected chi connectivity index (χ2v) is 5.68. The van der Waals surface area contributed by atoms with Gasteiger partial charge in [-0.15, -0.1) is 0 Å². The van der Waals surface area contributed by atoms with Gasteiger partial charge in [0.15, 0.2) is 0 Å². The van der Waals surface area contributed by atoms with Gasteiger partial charge in [-0.3, -0.25) is 4.79 Å². The minimum atomic E-state index is -4.34. The van der Waals surface area contributed by atoms with Crippen molar-refractivity contribution >= 4 is 17.5 Å². The van der Waals surface area contributed by atoms with E-state index in [4.69, 9.17) is 0 Å². The first kappa shape index (κ1) is 13.3. The molecule has 104 valence electrons. The predicted octanol–water partition coefficient (Wildman–Crippen LogP) is 3.89. The van der Waals surface area contributed by atoms with Crippen LogP contribution < -0.4 is 0 Å². The second-order valence-electron chi connectivity index (χ2n) is 4.54. The van der Waals surface area contributed by atoms with E-state index in [1.165, 1.54) is 12.3 Å². The van der Waals surface area contributed by atoms with Crippen LogP contribution in [0, 0.1) is 0 Å². The van der Waals surface area contributed by atoms with Gasteiger partial charge in [-0.05, 0) is 29.8 Å². The summed E-state index contributed by atoms with van der Waals surface area (Å²) in [5.74, 6) is -0.216. The molecule has 20 heavy (non-hydrogen) atoms. The topological polar surface area (TPSA) is 22.0 Å². The summed E-state index contributed by atoms with van der Waals surface area (Å²) < 4.78 is 38.8. The third-order valence-corrected chi connectivity index (χ3v) is 3.91. The number of benzene rings is 1. The first-order valence-corrected chi connectivity index (χ1v) is 6.84. The van der Waals surface area contributed by atoms with Gasteiger partial charge in [-0.2, -0.15) is 13.2 Å². The zero-order chi connectivity index (χ0) is 14.3. The molecule has 0 amide bonds. The van der Waals surface area contributed by atoms with Crippen molar-refractivity contribution in [2.45, 2.75) is 23.4 Å². The molecule has 1 aliphatic heterocycles. The van der Waals surface area contributed by atoms with E-state index in [0.717, 1.165) is 5.56 Å². The fourth-order valence-electron chi connectivity index (χ4n) is 2.39. The standard InChI is InChI=1S/C14H10F3NOS/c15-14(16,17)20-10-7-12-13(19)11-4-2-1-3-9(11)5-6-18(12)8-10/h1-4,7-8H,5-6H2. The van der Waals surface area contributed by atoms with E-state index in [-0.39, 0.29) is 22.4 Å². The van der Waals surface area contributed by atoms with Crippen molar-refractivity contribution in [1.29, 1.82) is 0 Å². The molecule has 0 N–H and O–H groups in total. The lowest BCUT2D eigenvalue weighted by Gasteiger charge is -2.04. The number of aromatic nitrogens is 1. The first-order valence-electron chi connectivity index (χ1n) is 6.02. The van der Waals surface area contributed by atoms with E-state index in [0.29, 0.717) is 24.2 Å². The van der Waals surface area contributed by atoms with Crippen LogP contribution in [0.1, 0.15) is 21.6 Å². The fourth-order valence-corrected chi connectivity index (χ4v) is 3.00. The number of halogens is 3. The minimum absolute atomic E-state index is 0.0558. The van der Waals surface area contributed by atoms with Gasteiger partial charge in [0.25, 0.3) is 0 Å². The molecule has 0 saturated carbocycles. The van der Waals surface area contributed by atoms with E-state index in [1.807, 2.05) is 12.1 Å². The molecule has 3 rings (SSSR count). The molecular weight excluding hydrogens is 287 g/mol. The Bertz CT molecular complexity index is 675. The second kappa shape index (κ2) is 4.70. The lowest BCUT2D eigenvalue weighted by Crippen LogP contribution is -2.06. The van der Waals surface area contributed by atoms with Crippen LogP contribution in [0.2, 0.25) is 0 Å². The number of aryl methyl sites for hydroxylation is 2. The van der Waals surface area contributed by atoms with Crippen molar-refractivity contribution in [3.8, 4) is 0 Å². The molecular formula is C14H10F3NOS. The zero-order valence-corrected chi connectivity index (χ0v) is 11.1. The third kappa shape index (κ3) is 2.47. The summed E-state index contributed by atoms with van der Waals surface area (Å²) in [7, 11) is 0. The zero-order valence-electron chi connectivity index (χ0n) is 10.3. The number of carbonyl (C=O) groups excluding carboxylic acids is 1. The van der Waals surface area contributed by atoms with Crippen LogP contribution in [0.25, 0.3) is 0 Å². The number of hydrogen-bond donors (Lipinski definition) is 0. The molecule has 1 aliphatic rings. The van der Waals surface area contributed by atoms with Gasteiger partial charge in [-0.1, -0.05) is 24.3 Å². The van der Waals surface area contributed by atoms with Gasteiger partial charge in [0.2, 0.25) is 5.78 Å². The molecule has 1 aromatic carbocycles. The smallest absolute Gasteiger partial charge is 0.343 e. The average Bonchev–Trinajstić information content (AvgIpc) is 2.71. The molecule has 0 spiro atoms. The Morgan fingerprint density at radius 1 is 1.20 bits per heavy atom. The summed E-state index contributed by atoms with van der Waals surface area (Å²) in [4.78, 5) is 12.5. The molecule has 0 bridgehead atoms. The number of alkyl halides is 3. The molecule has 0 radical (unpaired) electrons. The predicted molar refractivity (Wildman–Crippen MR) is 69.9 cm³/mol. The highest BCUT2D eigenvalue weighted by atomic mass is 32.2. The number of hydrogen-bond acceptors (Lipinski definition) is 2. The Morgan fingerprint density at radius 3 is 2.70 bits per heavy atom. The number of carbonyl (C=O) groups is 1. The van der Waals surface area contributed by atoms with E-state index in [9.17, 15) is 18.0 Å². The summed E-state index contributed by atoms with van der Waals surface area (Å²) in [6.07, 6.45) is 2.04. The van der Waals surface area contributed by atoms with Crippen LogP contribution >= 0.6 is 11.8 Å². The highest BCUT2D eigenvalue weighted by molar-refractivity contribution is 8.00. The summed E-state index contributed by atoms with van der Waals surface area (Å²) in [6, 6.07) is 8.54. The Kier molecular flexibility index (Phi) is 3.12. The van der Waals surface area contributed by atoms with Crippen molar-refractivity contribution in [2.24, 2.45) is 0 Å². The van der Waals surface area contributed by atoms with Crippen LogP contribution in [0.5, 0.6) is 0 Å². The number of fused-ring (bicyclic) bond motifs is 2. The lowest BCUT2D eigenvalue weighted by atomic mass is 10.0. The Balaban J connectivity index is 2.01. The average molecular weight is 297 g/mol. The molecule has 0 unspecified atom stereocenters. The maximum absolute atomic E-state index is 12.4. The molecule has 0 atom stereocenters. The van der Waals surface area contributed by atoms with Crippen molar-refractivity contribution in [3.63, 3.8) is 0 Å². The van der Waals surface area contributed by atoms with Gasteiger partial charge in [-0.25, -0.2) is 0 Å². The van der Waals surface area contributed by atoms with Crippen LogP contribution in [-0.4, -0.2) is 15.9 Å². The first-order chi connectivity index (χ1) is 9.44. The molecule has 6 heteroatoms. The maximum atomic E-state index is 12.4. The van der Waals surface area contributed by atoms with Gasteiger partial charge >= 0.3 is 5.51 Å². The molecule has 2 heterocycles. The van der Waals surface area contributed by atoms with Crippen LogP contribution in [0.15, 0.2) is 41.4 Å². The molecule has 2 aromatic rings. The van der Waals surface area contributed by atoms with Gasteiger partial charge < -0.3 is 4.57 Å². The molecule has 0 saturated heterocycles. The summed E-state index contributed by atoms with van der Waals surface area (Å²) in [5.41, 5.74) is -2.50. The fraction of sp³-hybridized carbons (Fsp3) is 0.214. The normalized spacial score (nSPS) is 14.7. The SMILES string of the molecule is O=C1c2ccccc2CCn2cc(SC(F)(F)F)cc21. The van der Waals surface area contributed by atoms with Crippen LogP contribution in [0.4, 0.5) is 13.2 Å². The Morgan fingerprint density at radius 2 is 1.95 bits per heavy atom. The van der Waals surface area contributed by atoms with Crippen molar-refractivity contribution in [1.82, 2.24) is 4.57 Å². The van der Waals surface area contributed by atoms with E-state index < -0.39 is 5.51 Å². The quantitative estimate of drug-likeness (QED) is 0.745. The van der Waals surface area contributed by atoms with Gasteiger partial charge in [0.1, 0.15) is 0 Å². The third-order valence-electron chi connectivity index (χ3n) is 3.22. The molecule has 1 aromatic heterocycles. The largest absolute Gasteiger partial charge is 0.446 e. The highest BCUT2D eigenvalue weighted by Crippen LogP contribution is 2.38. The van der Waals surface area contributed by atoms with Gasteiger partial charge in [0.05, 0.1) is 5.69 Å². The molecule has 0 aliphatic carbocycles.